The van der Waals surface area contributed by atoms with E-state index in [0.29, 0.717) is 23.5 Å². The number of aromatic nitrogens is 2. The maximum Gasteiger partial charge on any atom is 0.272 e. The van der Waals surface area contributed by atoms with Gasteiger partial charge in [0.25, 0.3) is 5.91 Å². The normalized spacial score (nSPS) is 26.8. The van der Waals surface area contributed by atoms with Gasteiger partial charge in [0.2, 0.25) is 0 Å². The minimum absolute atomic E-state index is 0.0319. The van der Waals surface area contributed by atoms with Crippen LogP contribution in [0.5, 0.6) is 0 Å². The van der Waals surface area contributed by atoms with Gasteiger partial charge in [-0.05, 0) is 31.7 Å². The molecule has 1 aromatic rings. The van der Waals surface area contributed by atoms with E-state index in [1.165, 1.54) is 19.3 Å². The molecule has 0 radical (unpaired) electrons. The van der Waals surface area contributed by atoms with Crippen LogP contribution >= 0.6 is 0 Å². The summed E-state index contributed by atoms with van der Waals surface area (Å²) >= 11 is 0. The molecule has 4 heterocycles. The summed E-state index contributed by atoms with van der Waals surface area (Å²) in [6.45, 7) is 6.17. The molecule has 6 nitrogen and oxygen atoms in total. The Balaban J connectivity index is 1.74. The third-order valence-corrected chi connectivity index (χ3v) is 4.45. The molecule has 2 atom stereocenters. The van der Waals surface area contributed by atoms with Gasteiger partial charge in [-0.2, -0.15) is 5.10 Å². The van der Waals surface area contributed by atoms with Crippen molar-refractivity contribution in [1.29, 1.82) is 0 Å². The second-order valence-electron chi connectivity index (χ2n) is 6.01. The van der Waals surface area contributed by atoms with Crippen molar-refractivity contribution in [2.45, 2.75) is 32.2 Å². The van der Waals surface area contributed by atoms with E-state index in [9.17, 15) is 4.79 Å². The van der Waals surface area contributed by atoms with Gasteiger partial charge < -0.3 is 10.6 Å². The summed E-state index contributed by atoms with van der Waals surface area (Å²) in [6.07, 6.45) is 3.62. The van der Waals surface area contributed by atoms with Crippen LogP contribution in [0, 0.1) is 5.92 Å². The van der Waals surface area contributed by atoms with Crippen molar-refractivity contribution in [2.24, 2.45) is 5.92 Å². The molecule has 3 aliphatic rings. The van der Waals surface area contributed by atoms with Crippen LogP contribution < -0.4 is 5.73 Å². The van der Waals surface area contributed by atoms with Crippen molar-refractivity contribution in [1.82, 2.24) is 20.0 Å². The maximum absolute atomic E-state index is 12.5. The van der Waals surface area contributed by atoms with Gasteiger partial charge in [-0.3, -0.25) is 14.8 Å². The van der Waals surface area contributed by atoms with Crippen LogP contribution in [0.1, 0.15) is 36.7 Å². The maximum atomic E-state index is 12.5. The molecule has 2 bridgehead atoms. The highest BCUT2D eigenvalue weighted by atomic mass is 16.2. The van der Waals surface area contributed by atoms with Crippen LogP contribution in [-0.4, -0.2) is 58.1 Å². The standard InChI is InChI=1S/C14H23N5O/c1-2-5-18-7-10-3-4-11(18)9-19(8-10)14(20)12-6-13(15)17-16-12/h6,10-11H,2-5,7-9H2,1H3,(H3,15,16,17)/t10-,11-/m0/s1. The van der Waals surface area contributed by atoms with Crippen LogP contribution in [0.2, 0.25) is 0 Å². The Morgan fingerprint density at radius 3 is 3.00 bits per heavy atom. The first kappa shape index (κ1) is 13.4. The average Bonchev–Trinajstić information content (AvgIpc) is 2.68. The monoisotopic (exact) mass is 277 g/mol. The van der Waals surface area contributed by atoms with Gasteiger partial charge in [-0.15, -0.1) is 0 Å². The first-order valence-corrected chi connectivity index (χ1v) is 7.51. The molecule has 0 saturated carbocycles. The number of carbonyl (C=O) groups is 1. The van der Waals surface area contributed by atoms with Crippen LogP contribution in [0.25, 0.3) is 0 Å². The minimum Gasteiger partial charge on any atom is -0.382 e. The van der Waals surface area contributed by atoms with Crippen LogP contribution in [0.3, 0.4) is 0 Å². The Hall–Kier alpha value is -1.56. The van der Waals surface area contributed by atoms with Crippen molar-refractivity contribution in [3.8, 4) is 0 Å². The lowest BCUT2D eigenvalue weighted by molar-refractivity contribution is 0.0732. The number of amides is 1. The molecule has 20 heavy (non-hydrogen) atoms. The molecule has 1 aromatic heterocycles. The second kappa shape index (κ2) is 5.44. The number of rotatable bonds is 3. The zero-order valence-electron chi connectivity index (χ0n) is 12.0. The van der Waals surface area contributed by atoms with Gasteiger partial charge >= 0.3 is 0 Å². The summed E-state index contributed by atoms with van der Waals surface area (Å²) in [5.74, 6) is 1.01. The number of nitrogens with one attached hydrogen (secondary N) is 1. The fraction of sp³-hybridized carbons (Fsp3) is 0.714. The van der Waals surface area contributed by atoms with E-state index in [1.807, 2.05) is 4.90 Å². The zero-order valence-corrected chi connectivity index (χ0v) is 12.0. The SMILES string of the molecule is CCCN1C[C@@H]2CC[C@H]1CN(C(=O)c1cc(N)n[nH]1)C2. The summed E-state index contributed by atoms with van der Waals surface area (Å²) < 4.78 is 0. The highest BCUT2D eigenvalue weighted by molar-refractivity contribution is 5.93. The van der Waals surface area contributed by atoms with Crippen molar-refractivity contribution in [3.05, 3.63) is 11.8 Å². The Labute approximate surface area is 119 Å². The van der Waals surface area contributed by atoms with E-state index in [4.69, 9.17) is 5.73 Å². The van der Waals surface area contributed by atoms with E-state index in [-0.39, 0.29) is 5.91 Å². The van der Waals surface area contributed by atoms with E-state index in [2.05, 4.69) is 22.0 Å². The van der Waals surface area contributed by atoms with Crippen molar-refractivity contribution >= 4 is 11.7 Å². The first-order chi connectivity index (χ1) is 9.67. The highest BCUT2D eigenvalue weighted by Gasteiger charge is 2.36. The topological polar surface area (TPSA) is 78.2 Å². The molecule has 3 saturated heterocycles. The lowest BCUT2D eigenvalue weighted by atomic mass is 9.95. The summed E-state index contributed by atoms with van der Waals surface area (Å²) in [7, 11) is 0. The molecule has 110 valence electrons. The Morgan fingerprint density at radius 2 is 2.30 bits per heavy atom. The zero-order chi connectivity index (χ0) is 14.1. The van der Waals surface area contributed by atoms with Crippen molar-refractivity contribution in [2.75, 3.05) is 31.9 Å². The minimum atomic E-state index is 0.0319. The number of nitrogens with two attached hydrogens (primary N) is 1. The Morgan fingerprint density at radius 1 is 1.45 bits per heavy atom. The molecular formula is C14H23N5O. The molecule has 0 spiro atoms. The smallest absolute Gasteiger partial charge is 0.272 e. The number of hydrogen-bond acceptors (Lipinski definition) is 4. The van der Waals surface area contributed by atoms with Gasteiger partial charge in [-0.25, -0.2) is 0 Å². The lowest BCUT2D eigenvalue weighted by Gasteiger charge is -2.35. The van der Waals surface area contributed by atoms with Gasteiger partial charge in [-0.1, -0.05) is 6.92 Å². The average molecular weight is 277 g/mol. The van der Waals surface area contributed by atoms with Crippen LogP contribution in [0.15, 0.2) is 6.07 Å². The number of nitrogens with zero attached hydrogens (tertiary/aromatic N) is 3. The third-order valence-electron chi connectivity index (χ3n) is 4.45. The molecule has 0 unspecified atom stereocenters. The van der Waals surface area contributed by atoms with E-state index < -0.39 is 0 Å². The molecule has 3 aliphatic heterocycles. The van der Waals surface area contributed by atoms with Gasteiger partial charge in [0.05, 0.1) is 0 Å². The molecule has 0 aliphatic carbocycles. The lowest BCUT2D eigenvalue weighted by Crippen LogP contribution is -2.44. The predicted octanol–water partition coefficient (Wildman–Crippen LogP) is 0.938. The summed E-state index contributed by atoms with van der Waals surface area (Å²) in [5.41, 5.74) is 6.09. The number of H-pyrrole nitrogens is 1. The van der Waals surface area contributed by atoms with Crippen molar-refractivity contribution in [3.63, 3.8) is 0 Å². The first-order valence-electron chi connectivity index (χ1n) is 7.51. The number of anilines is 1. The predicted molar refractivity (Wildman–Crippen MR) is 77.3 cm³/mol. The Bertz CT molecular complexity index is 486. The number of aromatic amines is 1. The highest BCUT2D eigenvalue weighted by Crippen LogP contribution is 2.28. The van der Waals surface area contributed by atoms with E-state index >= 15 is 0 Å². The molecule has 6 heteroatoms. The van der Waals surface area contributed by atoms with Gasteiger partial charge in [0.15, 0.2) is 0 Å². The Kier molecular flexibility index (Phi) is 3.65. The molecule has 3 N–H and O–H groups in total. The fourth-order valence-electron chi connectivity index (χ4n) is 3.52. The van der Waals surface area contributed by atoms with Gasteiger partial charge in [0.1, 0.15) is 11.5 Å². The summed E-state index contributed by atoms with van der Waals surface area (Å²) in [4.78, 5) is 17.1. The summed E-state index contributed by atoms with van der Waals surface area (Å²) in [6, 6.07) is 2.14. The molecular weight excluding hydrogens is 254 g/mol. The number of nitrogen functional groups attached to an aromatic ring is 1. The third kappa shape index (κ3) is 2.52. The van der Waals surface area contributed by atoms with Crippen LogP contribution in [-0.2, 0) is 0 Å². The van der Waals surface area contributed by atoms with Crippen molar-refractivity contribution < 1.29 is 4.79 Å². The van der Waals surface area contributed by atoms with E-state index in [0.717, 1.165) is 26.2 Å². The molecule has 4 rings (SSSR count). The largest absolute Gasteiger partial charge is 0.382 e. The molecule has 0 aromatic carbocycles. The second-order valence-corrected chi connectivity index (χ2v) is 6.01. The van der Waals surface area contributed by atoms with E-state index in [1.54, 1.807) is 6.07 Å². The summed E-state index contributed by atoms with van der Waals surface area (Å²) in [5, 5.41) is 6.58. The molecule has 3 fully saturated rings. The number of fused-ring (bicyclic) bond motifs is 4. The number of carbonyl (C=O) groups excluding carboxylic acids is 1. The van der Waals surface area contributed by atoms with Gasteiger partial charge in [0, 0.05) is 31.7 Å². The number of piperidine rings is 1. The number of hydrogen-bond donors (Lipinski definition) is 2. The molecule has 1 amide bonds. The van der Waals surface area contributed by atoms with Crippen LogP contribution in [0.4, 0.5) is 5.82 Å². The fourth-order valence-corrected chi connectivity index (χ4v) is 3.52. The quantitative estimate of drug-likeness (QED) is 0.862.